The summed E-state index contributed by atoms with van der Waals surface area (Å²) in [6, 6.07) is 17.8. The molecule has 0 aliphatic heterocycles. The summed E-state index contributed by atoms with van der Waals surface area (Å²) in [4.78, 5) is 12.0. The average Bonchev–Trinajstić information content (AvgIpc) is 2.90. The molecule has 0 saturated carbocycles. The highest BCUT2D eigenvalue weighted by Gasteiger charge is 2.31. The molecule has 0 amide bonds. The van der Waals surface area contributed by atoms with Crippen molar-refractivity contribution in [2.45, 2.75) is 12.4 Å². The summed E-state index contributed by atoms with van der Waals surface area (Å²) in [5.41, 5.74) is 4.91. The fraction of sp³-hybridized carbons (Fsp3) is 0.0800. The number of halogens is 7. The molecule has 0 spiro atoms. The van der Waals surface area contributed by atoms with E-state index in [9.17, 15) is 26.3 Å². The van der Waals surface area contributed by atoms with Crippen LogP contribution in [0.15, 0.2) is 89.7 Å². The molecule has 0 radical (unpaired) electrons. The smallest absolute Gasteiger partial charge is 0.399 e. The summed E-state index contributed by atoms with van der Waals surface area (Å²) < 4.78 is 74.2. The van der Waals surface area contributed by atoms with E-state index in [0.29, 0.717) is 17.3 Å². The van der Waals surface area contributed by atoms with Crippen molar-refractivity contribution in [3.05, 3.63) is 106 Å². The molecule has 2 heterocycles. The van der Waals surface area contributed by atoms with Crippen LogP contribution in [0.4, 0.5) is 43.4 Å². The van der Waals surface area contributed by atoms with Gasteiger partial charge in [-0.25, -0.2) is 9.97 Å². The minimum absolute atomic E-state index is 0.125. The van der Waals surface area contributed by atoms with E-state index < -0.39 is 23.5 Å². The normalized spacial score (nSPS) is 10.6. The number of nitrogens with one attached hydrogen (secondary N) is 1. The highest BCUT2D eigenvalue weighted by molar-refractivity contribution is 9.10. The lowest BCUT2D eigenvalue weighted by Crippen LogP contribution is -2.05. The molecule has 4 rings (SSSR count). The summed E-state index contributed by atoms with van der Waals surface area (Å²) in [7, 11) is 0. The van der Waals surface area contributed by atoms with E-state index in [1.165, 1.54) is 36.5 Å². The van der Waals surface area contributed by atoms with E-state index in [4.69, 9.17) is 16.9 Å². The number of anilines is 3. The summed E-state index contributed by atoms with van der Waals surface area (Å²) in [5, 5.41) is 11.4. The van der Waals surface area contributed by atoms with Gasteiger partial charge in [0.15, 0.2) is 0 Å². The third kappa shape index (κ3) is 10.9. The first-order chi connectivity index (χ1) is 18.3. The molecule has 204 valence electrons. The standard InChI is InChI=1S/C13H8F3N3.C7H6F3N.C5H5BrN2O/c14-13(15,16)9-2-1-3-10(6-9)19-12-5-4-11(7-17)18-8-12;8-7(9,10)5-2-1-3-6(11)4-5;6-4-1-2-5(9-7)8-3-4/h1-6,8,19H;1-4H,11H2;1-3H,7H2. The fourth-order valence-electron chi connectivity index (χ4n) is 2.62. The third-order valence-electron chi connectivity index (χ3n) is 4.39. The monoisotopic (exact) mass is 612 g/mol. The summed E-state index contributed by atoms with van der Waals surface area (Å²) in [6.45, 7) is 0. The van der Waals surface area contributed by atoms with E-state index in [0.717, 1.165) is 28.7 Å². The van der Waals surface area contributed by atoms with E-state index in [2.05, 4.69) is 36.1 Å². The van der Waals surface area contributed by atoms with Gasteiger partial charge in [0.1, 0.15) is 11.8 Å². The summed E-state index contributed by atoms with van der Waals surface area (Å²) >= 11 is 3.22. The SMILES string of the molecule is N#Cc1ccc(Nc2cccc(C(F)(F)F)c2)cn1.NOc1ccc(Br)cn1.Nc1cccc(C(F)(F)F)c1. The van der Waals surface area contributed by atoms with Gasteiger partial charge < -0.3 is 15.9 Å². The van der Waals surface area contributed by atoms with Crippen LogP contribution in [0.25, 0.3) is 0 Å². The van der Waals surface area contributed by atoms with Gasteiger partial charge in [0.25, 0.3) is 0 Å². The summed E-state index contributed by atoms with van der Waals surface area (Å²) in [6.07, 6.45) is -5.67. The van der Waals surface area contributed by atoms with Gasteiger partial charge >= 0.3 is 12.4 Å². The van der Waals surface area contributed by atoms with Crippen LogP contribution in [-0.4, -0.2) is 9.97 Å². The molecule has 0 aliphatic carbocycles. The Balaban J connectivity index is 0.000000226. The van der Waals surface area contributed by atoms with E-state index >= 15 is 0 Å². The predicted molar refractivity (Wildman–Crippen MR) is 136 cm³/mol. The lowest BCUT2D eigenvalue weighted by molar-refractivity contribution is -0.138. The molecule has 0 fully saturated rings. The Bertz CT molecular complexity index is 1370. The molecule has 2 aromatic heterocycles. The first-order valence-corrected chi connectivity index (χ1v) is 11.3. The number of alkyl halides is 6. The molecule has 2 aromatic carbocycles. The number of nitrogens with two attached hydrogens (primary N) is 2. The van der Waals surface area contributed by atoms with Crippen LogP contribution in [0.2, 0.25) is 0 Å². The quantitative estimate of drug-likeness (QED) is 0.128. The number of hydrogen-bond donors (Lipinski definition) is 3. The van der Waals surface area contributed by atoms with Crippen molar-refractivity contribution in [3.8, 4) is 11.9 Å². The highest BCUT2D eigenvalue weighted by atomic mass is 79.9. The van der Waals surface area contributed by atoms with Crippen LogP contribution in [0, 0.1) is 11.3 Å². The van der Waals surface area contributed by atoms with Gasteiger partial charge in [-0.15, -0.1) is 0 Å². The van der Waals surface area contributed by atoms with Crippen molar-refractivity contribution in [2.24, 2.45) is 5.90 Å². The maximum absolute atomic E-state index is 12.5. The average molecular weight is 613 g/mol. The number of benzene rings is 2. The van der Waals surface area contributed by atoms with Crippen LogP contribution in [-0.2, 0) is 12.4 Å². The van der Waals surface area contributed by atoms with Gasteiger partial charge in [0.05, 0.1) is 23.0 Å². The largest absolute Gasteiger partial charge is 0.416 e. The topological polar surface area (TPSA) is 123 Å². The van der Waals surface area contributed by atoms with Crippen LogP contribution >= 0.6 is 15.9 Å². The van der Waals surface area contributed by atoms with Crippen molar-refractivity contribution in [2.75, 3.05) is 11.1 Å². The zero-order valence-corrected chi connectivity index (χ0v) is 21.2. The van der Waals surface area contributed by atoms with Gasteiger partial charge in [0, 0.05) is 28.1 Å². The summed E-state index contributed by atoms with van der Waals surface area (Å²) in [5.74, 6) is 5.24. The third-order valence-corrected chi connectivity index (χ3v) is 4.86. The Labute approximate surface area is 227 Å². The Kier molecular flexibility index (Phi) is 11.1. The Hall–Kier alpha value is -4.35. The lowest BCUT2D eigenvalue weighted by atomic mass is 10.2. The lowest BCUT2D eigenvalue weighted by Gasteiger charge is -2.10. The number of nitriles is 1. The molecule has 7 nitrogen and oxygen atoms in total. The number of nitrogens with zero attached hydrogens (tertiary/aromatic N) is 3. The van der Waals surface area contributed by atoms with E-state index in [-0.39, 0.29) is 11.4 Å². The molecule has 0 aliphatic rings. The zero-order chi connectivity index (χ0) is 29.1. The molecule has 0 atom stereocenters. The van der Waals surface area contributed by atoms with Gasteiger partial charge in [-0.3, -0.25) is 0 Å². The van der Waals surface area contributed by atoms with Crippen LogP contribution in [0.5, 0.6) is 5.88 Å². The molecule has 39 heavy (non-hydrogen) atoms. The minimum atomic E-state index is -4.37. The number of nitrogen functional groups attached to an aromatic ring is 1. The number of aromatic nitrogens is 2. The van der Waals surface area contributed by atoms with Crippen LogP contribution < -0.4 is 21.8 Å². The molecule has 0 saturated heterocycles. The second-order valence-corrected chi connectivity index (χ2v) is 8.22. The molecule has 4 aromatic rings. The number of rotatable bonds is 3. The maximum atomic E-state index is 12.5. The molecule has 5 N–H and O–H groups in total. The van der Waals surface area contributed by atoms with Gasteiger partial charge in [0.2, 0.25) is 5.88 Å². The van der Waals surface area contributed by atoms with Crippen molar-refractivity contribution in [1.29, 1.82) is 5.26 Å². The van der Waals surface area contributed by atoms with E-state index in [1.54, 1.807) is 24.4 Å². The first kappa shape index (κ1) is 30.9. The van der Waals surface area contributed by atoms with Crippen LogP contribution in [0.3, 0.4) is 0 Å². The molecule has 0 unspecified atom stereocenters. The molecule has 0 bridgehead atoms. The van der Waals surface area contributed by atoms with E-state index in [1.807, 2.05) is 6.07 Å². The van der Waals surface area contributed by atoms with Gasteiger partial charge in [-0.2, -0.15) is 37.5 Å². The Morgan fingerprint density at radius 1 is 0.795 bits per heavy atom. The second kappa shape index (κ2) is 14.0. The minimum Gasteiger partial charge on any atom is -0.399 e. The number of hydrogen-bond acceptors (Lipinski definition) is 7. The van der Waals surface area contributed by atoms with Gasteiger partial charge in [-0.1, -0.05) is 12.1 Å². The maximum Gasteiger partial charge on any atom is 0.416 e. The predicted octanol–water partition coefficient (Wildman–Crippen LogP) is 7.10. The molecular weight excluding hydrogens is 594 g/mol. The van der Waals surface area contributed by atoms with Crippen molar-refractivity contribution >= 4 is 33.0 Å². The van der Waals surface area contributed by atoms with Crippen LogP contribution in [0.1, 0.15) is 16.8 Å². The van der Waals surface area contributed by atoms with Crippen molar-refractivity contribution in [1.82, 2.24) is 9.97 Å². The zero-order valence-electron chi connectivity index (χ0n) is 19.6. The fourth-order valence-corrected chi connectivity index (χ4v) is 2.86. The first-order valence-electron chi connectivity index (χ1n) is 10.5. The van der Waals surface area contributed by atoms with Gasteiger partial charge in [-0.05, 0) is 70.5 Å². The molecular formula is C25H19BrF6N6O. The Morgan fingerprint density at radius 2 is 1.44 bits per heavy atom. The van der Waals surface area contributed by atoms with Crippen molar-refractivity contribution in [3.63, 3.8) is 0 Å². The number of pyridine rings is 2. The highest BCUT2D eigenvalue weighted by Crippen LogP contribution is 2.31. The van der Waals surface area contributed by atoms with Crippen molar-refractivity contribution < 1.29 is 31.2 Å². The Morgan fingerprint density at radius 3 is 1.90 bits per heavy atom. The molecule has 14 heteroatoms. The second-order valence-electron chi connectivity index (χ2n) is 7.30.